The third kappa shape index (κ3) is 91.8. The first-order valence-electron chi connectivity index (χ1n) is 48.2. The molecule has 10 heteroatoms. The van der Waals surface area contributed by atoms with Gasteiger partial charge in [0.25, 0.3) is 7.82 Å². The normalized spacial score (nSPS) is 12.8. The zero-order valence-electron chi connectivity index (χ0n) is 72.3. The maximum absolute atomic E-state index is 12.9. The summed E-state index contributed by atoms with van der Waals surface area (Å²) in [6.45, 7) is 4.36. The number of ether oxygens (including phenoxy) is 2. The van der Waals surface area contributed by atoms with E-state index in [1.165, 1.54) is 482 Å². The van der Waals surface area contributed by atoms with Crippen LogP contribution in [0.1, 0.15) is 547 Å². The van der Waals surface area contributed by atoms with Crippen LogP contribution in [0.15, 0.2) is 0 Å². The van der Waals surface area contributed by atoms with Crippen LogP contribution < -0.4 is 4.89 Å². The van der Waals surface area contributed by atoms with Crippen molar-refractivity contribution < 1.29 is 42.1 Å². The van der Waals surface area contributed by atoms with Gasteiger partial charge in [-0.3, -0.25) is 14.2 Å². The van der Waals surface area contributed by atoms with Gasteiger partial charge in [0.1, 0.15) is 19.8 Å². The average Bonchev–Trinajstić information content (AvgIpc) is 0.935. The fraction of sp³-hybridized carbons (Fsp3) is 0.979. The molecule has 0 aromatic carbocycles. The molecule has 0 aromatic rings. The van der Waals surface area contributed by atoms with Gasteiger partial charge in [0, 0.05) is 12.8 Å². The highest BCUT2D eigenvalue weighted by atomic mass is 31.2. The zero-order chi connectivity index (χ0) is 76.1. The fourth-order valence-electron chi connectivity index (χ4n) is 15.6. The van der Waals surface area contributed by atoms with Crippen LogP contribution in [-0.4, -0.2) is 70.0 Å². The monoisotopic (exact) mass is 1500 g/mol. The van der Waals surface area contributed by atoms with Crippen molar-refractivity contribution in [1.29, 1.82) is 0 Å². The quantitative estimate of drug-likeness (QED) is 0.0256. The number of likely N-dealkylation sites (N-methyl/N-ethyl adjacent to an activating group) is 1. The molecule has 105 heavy (non-hydrogen) atoms. The lowest BCUT2D eigenvalue weighted by molar-refractivity contribution is -0.870. The van der Waals surface area contributed by atoms with Crippen LogP contribution in [0.25, 0.3) is 0 Å². The smallest absolute Gasteiger partial charge is 0.306 e. The van der Waals surface area contributed by atoms with E-state index in [1.807, 2.05) is 21.1 Å². The van der Waals surface area contributed by atoms with Crippen LogP contribution in [0.2, 0.25) is 0 Å². The van der Waals surface area contributed by atoms with E-state index in [0.29, 0.717) is 17.4 Å². The van der Waals surface area contributed by atoms with E-state index in [2.05, 4.69) is 13.8 Å². The van der Waals surface area contributed by atoms with Crippen LogP contribution in [0.4, 0.5) is 0 Å². The predicted molar refractivity (Wildman–Crippen MR) is 458 cm³/mol. The maximum Gasteiger partial charge on any atom is 0.306 e. The number of hydrogen-bond donors (Lipinski definition) is 0. The number of esters is 2. The van der Waals surface area contributed by atoms with Crippen LogP contribution >= 0.6 is 7.82 Å². The lowest BCUT2D eigenvalue weighted by Gasteiger charge is -2.28. The standard InChI is InChI=1S/C95H190NO8P/c1-6-8-10-12-14-16-18-20-22-24-26-28-30-32-34-36-38-40-42-44-46-48-50-52-54-56-58-60-62-64-66-68-70-72-74-76-78-80-82-84-86-88-95(98)104-93(92-103-105(99,100)102-90-89-96(3,4)5)91-101-94(97)87-85-83-81-79-77-75-73-71-69-67-65-63-61-59-57-55-53-51-49-47-45-43-41-39-37-35-33-31-29-27-25-23-21-19-17-15-13-11-9-7-2/h93H,6-92H2,1-5H3. The Morgan fingerprint density at radius 2 is 0.429 bits per heavy atom. The summed E-state index contributed by atoms with van der Waals surface area (Å²) in [5.74, 6) is -0.797. The summed E-state index contributed by atoms with van der Waals surface area (Å²) in [7, 11) is 1.20. The second-order valence-electron chi connectivity index (χ2n) is 34.8. The highest BCUT2D eigenvalue weighted by Gasteiger charge is 2.22. The Morgan fingerprint density at radius 1 is 0.257 bits per heavy atom. The van der Waals surface area contributed by atoms with Crippen molar-refractivity contribution in [1.82, 2.24) is 0 Å². The molecule has 0 amide bonds. The Bertz CT molecular complexity index is 1720. The van der Waals surface area contributed by atoms with Gasteiger partial charge in [-0.05, 0) is 12.8 Å². The average molecular weight is 1510 g/mol. The van der Waals surface area contributed by atoms with Gasteiger partial charge in [-0.15, -0.1) is 0 Å². The van der Waals surface area contributed by atoms with Gasteiger partial charge in [0.2, 0.25) is 0 Å². The molecule has 0 bridgehead atoms. The predicted octanol–water partition coefficient (Wildman–Crippen LogP) is 32.1. The first-order chi connectivity index (χ1) is 51.5. The van der Waals surface area contributed by atoms with Gasteiger partial charge >= 0.3 is 11.9 Å². The second-order valence-corrected chi connectivity index (χ2v) is 36.2. The Balaban J connectivity index is 3.78. The third-order valence-corrected chi connectivity index (χ3v) is 23.8. The number of phosphoric acid groups is 1. The summed E-state index contributed by atoms with van der Waals surface area (Å²) in [6, 6.07) is 0. The first kappa shape index (κ1) is 104. The summed E-state index contributed by atoms with van der Waals surface area (Å²) < 4.78 is 34.5. The molecule has 0 heterocycles. The van der Waals surface area contributed by atoms with Gasteiger partial charge in [-0.1, -0.05) is 521 Å². The summed E-state index contributed by atoms with van der Waals surface area (Å²) in [5, 5.41) is 0. The van der Waals surface area contributed by atoms with E-state index < -0.39 is 26.5 Å². The molecule has 0 aromatic heterocycles. The molecule has 2 unspecified atom stereocenters. The Kier molecular flexibility index (Phi) is 86.2. The zero-order valence-corrected chi connectivity index (χ0v) is 73.2. The summed E-state index contributed by atoms with van der Waals surface area (Å²) in [5.41, 5.74) is 0. The van der Waals surface area contributed by atoms with Crippen molar-refractivity contribution >= 4 is 19.8 Å². The maximum atomic E-state index is 12.9. The van der Waals surface area contributed by atoms with Crippen molar-refractivity contribution in [2.75, 3.05) is 47.5 Å². The van der Waals surface area contributed by atoms with Crippen LogP contribution in [0.3, 0.4) is 0 Å². The summed E-state index contributed by atoms with van der Waals surface area (Å²) in [4.78, 5) is 38.3. The summed E-state index contributed by atoms with van der Waals surface area (Å²) >= 11 is 0. The van der Waals surface area contributed by atoms with Gasteiger partial charge in [-0.25, -0.2) is 0 Å². The number of quaternary nitrogens is 1. The van der Waals surface area contributed by atoms with E-state index in [4.69, 9.17) is 18.5 Å². The van der Waals surface area contributed by atoms with Gasteiger partial charge < -0.3 is 27.9 Å². The molecule has 0 fully saturated rings. The van der Waals surface area contributed by atoms with E-state index in [0.717, 1.165) is 32.1 Å². The lowest BCUT2D eigenvalue weighted by atomic mass is 10.0. The van der Waals surface area contributed by atoms with Crippen molar-refractivity contribution in [2.24, 2.45) is 0 Å². The Hall–Kier alpha value is -0.990. The van der Waals surface area contributed by atoms with Crippen LogP contribution in [0.5, 0.6) is 0 Å². The van der Waals surface area contributed by atoms with E-state index >= 15 is 0 Å². The highest BCUT2D eigenvalue weighted by Crippen LogP contribution is 2.38. The number of carbonyl (C=O) groups is 2. The Morgan fingerprint density at radius 3 is 0.610 bits per heavy atom. The van der Waals surface area contributed by atoms with Crippen molar-refractivity contribution in [3.63, 3.8) is 0 Å². The van der Waals surface area contributed by atoms with Crippen molar-refractivity contribution in [3.05, 3.63) is 0 Å². The molecule has 9 nitrogen and oxygen atoms in total. The lowest BCUT2D eigenvalue weighted by Crippen LogP contribution is -2.37. The third-order valence-electron chi connectivity index (χ3n) is 22.9. The molecule has 0 aliphatic heterocycles. The fourth-order valence-corrected chi connectivity index (χ4v) is 16.3. The molecule has 2 atom stereocenters. The van der Waals surface area contributed by atoms with Crippen LogP contribution in [0, 0.1) is 0 Å². The van der Waals surface area contributed by atoms with Gasteiger partial charge in [0.15, 0.2) is 6.10 Å². The van der Waals surface area contributed by atoms with E-state index in [1.54, 1.807) is 0 Å². The number of unbranched alkanes of at least 4 members (excludes halogenated alkanes) is 79. The first-order valence-corrected chi connectivity index (χ1v) is 49.7. The summed E-state index contributed by atoms with van der Waals surface area (Å²) in [6.07, 6.45) is 112. The minimum Gasteiger partial charge on any atom is -0.756 e. The Labute approximate surface area is 658 Å². The number of carbonyl (C=O) groups excluding carboxylic acids is 2. The SMILES string of the molecule is CCCCCCCCCCCCCCCCCCCCCCCCCCCCCCCCCCCCCCCCCCCC(=O)OC(COC(=O)CCCCCCCCCCCCCCCCCCCCCCCCCCCCCCCCCCCCCCCCCC)COP(=O)([O-])OCC[N+](C)(C)C. The van der Waals surface area contributed by atoms with Gasteiger partial charge in [0.05, 0.1) is 27.7 Å². The topological polar surface area (TPSA) is 111 Å². The molecule has 0 radical (unpaired) electrons. The second kappa shape index (κ2) is 87.0. The molecule has 0 saturated carbocycles. The van der Waals surface area contributed by atoms with Crippen molar-refractivity contribution in [3.8, 4) is 0 Å². The van der Waals surface area contributed by atoms with Crippen molar-refractivity contribution in [2.45, 2.75) is 553 Å². The van der Waals surface area contributed by atoms with E-state index in [9.17, 15) is 19.0 Å². The molecular weight excluding hydrogens is 1310 g/mol. The molecule has 628 valence electrons. The number of phosphoric ester groups is 1. The number of hydrogen-bond acceptors (Lipinski definition) is 8. The molecule has 0 spiro atoms. The molecule has 0 N–H and O–H groups in total. The minimum absolute atomic E-state index is 0.0245. The molecule has 0 rings (SSSR count). The number of rotatable bonds is 93. The van der Waals surface area contributed by atoms with E-state index in [-0.39, 0.29) is 32.0 Å². The van der Waals surface area contributed by atoms with Crippen LogP contribution in [-0.2, 0) is 32.7 Å². The molecular formula is C95H190NO8P. The highest BCUT2D eigenvalue weighted by molar-refractivity contribution is 7.45. The van der Waals surface area contributed by atoms with Gasteiger partial charge in [-0.2, -0.15) is 0 Å². The minimum atomic E-state index is -4.64. The number of nitrogens with zero attached hydrogens (tertiary/aromatic N) is 1. The largest absolute Gasteiger partial charge is 0.756 e. The molecule has 0 aliphatic carbocycles. The molecule has 0 saturated heterocycles. The molecule has 0 aliphatic rings.